The van der Waals surface area contributed by atoms with Gasteiger partial charge in [0.05, 0.1) is 11.3 Å². The lowest BCUT2D eigenvalue weighted by Crippen LogP contribution is -2.26. The minimum Gasteiger partial charge on any atom is -0.451 e. The number of furan rings is 1. The van der Waals surface area contributed by atoms with E-state index in [2.05, 4.69) is 10.3 Å². The highest BCUT2D eigenvalue weighted by Crippen LogP contribution is 2.28. The minimum atomic E-state index is -0.251. The van der Waals surface area contributed by atoms with Crippen LogP contribution in [0.5, 0.6) is 0 Å². The second-order valence-electron chi connectivity index (χ2n) is 4.70. The van der Waals surface area contributed by atoms with Gasteiger partial charge in [-0.2, -0.15) is 0 Å². The second-order valence-corrected chi connectivity index (χ2v) is 5.11. The molecule has 0 atom stereocenters. The Balaban J connectivity index is 1.63. The van der Waals surface area contributed by atoms with Crippen molar-refractivity contribution >= 4 is 17.5 Å². The van der Waals surface area contributed by atoms with Crippen molar-refractivity contribution in [2.24, 2.45) is 0 Å². The maximum Gasteiger partial charge on any atom is 0.287 e. The summed E-state index contributed by atoms with van der Waals surface area (Å²) in [4.78, 5) is 16.0. The van der Waals surface area contributed by atoms with Crippen molar-refractivity contribution in [1.29, 1.82) is 0 Å². The van der Waals surface area contributed by atoms with E-state index in [0.29, 0.717) is 23.9 Å². The first-order valence-corrected chi connectivity index (χ1v) is 7.20. The van der Waals surface area contributed by atoms with Crippen molar-refractivity contribution in [2.45, 2.75) is 6.54 Å². The first-order valence-electron chi connectivity index (χ1n) is 6.83. The van der Waals surface area contributed by atoms with E-state index >= 15 is 0 Å². The fourth-order valence-corrected chi connectivity index (χ4v) is 2.30. The van der Waals surface area contributed by atoms with E-state index in [-0.39, 0.29) is 11.7 Å². The van der Waals surface area contributed by atoms with Gasteiger partial charge in [-0.05, 0) is 24.3 Å². The van der Waals surface area contributed by atoms with Crippen molar-refractivity contribution < 1.29 is 9.21 Å². The zero-order valence-corrected chi connectivity index (χ0v) is 12.5. The molecule has 1 N–H and O–H groups in total. The fraction of sp³-hybridized carbons (Fsp3) is 0.125. The number of halogens is 1. The molecule has 5 nitrogen and oxygen atoms in total. The number of hydrogen-bond acceptors (Lipinski definition) is 3. The summed E-state index contributed by atoms with van der Waals surface area (Å²) in [5.41, 5.74) is 0.765. The van der Waals surface area contributed by atoms with E-state index in [1.807, 2.05) is 29.0 Å². The van der Waals surface area contributed by atoms with E-state index in [0.717, 1.165) is 5.56 Å². The van der Waals surface area contributed by atoms with Crippen LogP contribution in [0.1, 0.15) is 10.6 Å². The van der Waals surface area contributed by atoms with Crippen molar-refractivity contribution in [3.05, 3.63) is 65.9 Å². The topological polar surface area (TPSA) is 60.1 Å². The highest BCUT2D eigenvalue weighted by molar-refractivity contribution is 6.33. The fourth-order valence-electron chi connectivity index (χ4n) is 2.07. The van der Waals surface area contributed by atoms with Gasteiger partial charge in [-0.1, -0.05) is 23.7 Å². The SMILES string of the molecule is O=C(NCCn1ccnc1)c1ccc(-c2ccccc2Cl)o1. The Labute approximate surface area is 132 Å². The molecule has 0 saturated heterocycles. The first kappa shape index (κ1) is 14.4. The van der Waals surface area contributed by atoms with Crippen LogP contribution < -0.4 is 5.32 Å². The summed E-state index contributed by atoms with van der Waals surface area (Å²) < 4.78 is 7.47. The predicted molar refractivity (Wildman–Crippen MR) is 83.7 cm³/mol. The molecule has 2 heterocycles. The van der Waals surface area contributed by atoms with Gasteiger partial charge < -0.3 is 14.3 Å². The van der Waals surface area contributed by atoms with E-state index in [4.69, 9.17) is 16.0 Å². The van der Waals surface area contributed by atoms with Gasteiger partial charge in [-0.15, -0.1) is 0 Å². The van der Waals surface area contributed by atoms with Crippen LogP contribution in [0, 0.1) is 0 Å². The number of nitrogens with one attached hydrogen (secondary N) is 1. The molecule has 1 amide bonds. The van der Waals surface area contributed by atoms with Crippen LogP contribution in [0.25, 0.3) is 11.3 Å². The van der Waals surface area contributed by atoms with Crippen LogP contribution in [-0.4, -0.2) is 22.0 Å². The molecule has 112 valence electrons. The average molecular weight is 316 g/mol. The number of hydrogen-bond donors (Lipinski definition) is 1. The summed E-state index contributed by atoms with van der Waals surface area (Å²) in [7, 11) is 0. The van der Waals surface area contributed by atoms with Crippen LogP contribution in [0.15, 0.2) is 59.5 Å². The number of imidazole rings is 1. The van der Waals surface area contributed by atoms with Crippen LogP contribution in [0.2, 0.25) is 5.02 Å². The maximum absolute atomic E-state index is 12.0. The quantitative estimate of drug-likeness (QED) is 0.786. The molecule has 6 heteroatoms. The van der Waals surface area contributed by atoms with Crippen LogP contribution in [-0.2, 0) is 6.54 Å². The number of nitrogens with zero attached hydrogens (tertiary/aromatic N) is 2. The summed E-state index contributed by atoms with van der Waals surface area (Å²) in [5.74, 6) is 0.587. The molecule has 3 rings (SSSR count). The number of rotatable bonds is 5. The van der Waals surface area contributed by atoms with Crippen LogP contribution >= 0.6 is 11.6 Å². The number of benzene rings is 1. The zero-order valence-electron chi connectivity index (χ0n) is 11.7. The molecule has 22 heavy (non-hydrogen) atoms. The van der Waals surface area contributed by atoms with Crippen molar-refractivity contribution in [3.8, 4) is 11.3 Å². The molecule has 0 aliphatic heterocycles. The van der Waals surface area contributed by atoms with E-state index in [1.54, 1.807) is 30.7 Å². The summed E-state index contributed by atoms with van der Waals surface area (Å²) in [6, 6.07) is 10.7. The smallest absolute Gasteiger partial charge is 0.287 e. The molecule has 3 aromatic rings. The molecular formula is C16H14ClN3O2. The van der Waals surface area contributed by atoms with Gasteiger partial charge in [0.1, 0.15) is 5.76 Å². The van der Waals surface area contributed by atoms with Crippen molar-refractivity contribution in [2.75, 3.05) is 6.54 Å². The molecule has 0 unspecified atom stereocenters. The highest BCUT2D eigenvalue weighted by atomic mass is 35.5. The van der Waals surface area contributed by atoms with E-state index in [1.165, 1.54) is 0 Å². The molecule has 0 fully saturated rings. The van der Waals surface area contributed by atoms with E-state index in [9.17, 15) is 4.79 Å². The lowest BCUT2D eigenvalue weighted by atomic mass is 10.2. The Morgan fingerprint density at radius 3 is 2.91 bits per heavy atom. The zero-order chi connectivity index (χ0) is 15.4. The normalized spacial score (nSPS) is 10.6. The van der Waals surface area contributed by atoms with Crippen molar-refractivity contribution in [3.63, 3.8) is 0 Å². The number of aromatic nitrogens is 2. The number of amides is 1. The Morgan fingerprint density at radius 2 is 2.14 bits per heavy atom. The standard InChI is InChI=1S/C16H14ClN3O2/c17-13-4-2-1-3-12(13)14-5-6-15(22-14)16(21)19-8-10-20-9-7-18-11-20/h1-7,9,11H,8,10H2,(H,19,21). The van der Waals surface area contributed by atoms with Gasteiger partial charge in [0.15, 0.2) is 5.76 Å². The van der Waals surface area contributed by atoms with Crippen molar-refractivity contribution in [1.82, 2.24) is 14.9 Å². The van der Waals surface area contributed by atoms with Gasteiger partial charge >= 0.3 is 0 Å². The maximum atomic E-state index is 12.0. The number of carbonyl (C=O) groups is 1. The summed E-state index contributed by atoms with van der Waals surface area (Å²) >= 11 is 6.12. The molecule has 0 bridgehead atoms. The molecule has 0 spiro atoms. The molecule has 2 aromatic heterocycles. The van der Waals surface area contributed by atoms with Crippen LogP contribution in [0.4, 0.5) is 0 Å². The Hall–Kier alpha value is -2.53. The lowest BCUT2D eigenvalue weighted by Gasteiger charge is -2.04. The molecule has 0 aliphatic carbocycles. The van der Waals surface area contributed by atoms with Crippen LogP contribution in [0.3, 0.4) is 0 Å². The Kier molecular flexibility index (Phi) is 4.25. The largest absolute Gasteiger partial charge is 0.451 e. The third-order valence-corrected chi connectivity index (χ3v) is 3.51. The summed E-state index contributed by atoms with van der Waals surface area (Å²) in [6.07, 6.45) is 5.24. The molecule has 0 aliphatic rings. The Bertz CT molecular complexity index is 765. The second kappa shape index (κ2) is 6.49. The third-order valence-electron chi connectivity index (χ3n) is 3.18. The third kappa shape index (κ3) is 3.20. The van der Waals surface area contributed by atoms with Gasteiger partial charge in [0.2, 0.25) is 0 Å². The van der Waals surface area contributed by atoms with E-state index < -0.39 is 0 Å². The Morgan fingerprint density at radius 1 is 1.27 bits per heavy atom. The van der Waals surface area contributed by atoms with Gasteiger partial charge in [-0.3, -0.25) is 4.79 Å². The van der Waals surface area contributed by atoms with Gasteiger partial charge in [-0.25, -0.2) is 4.98 Å². The number of carbonyl (C=O) groups excluding carboxylic acids is 1. The molecule has 1 aromatic carbocycles. The monoisotopic (exact) mass is 315 g/mol. The van der Waals surface area contributed by atoms with Gasteiger partial charge in [0, 0.05) is 31.0 Å². The predicted octanol–water partition coefficient (Wildman–Crippen LogP) is 3.23. The lowest BCUT2D eigenvalue weighted by molar-refractivity contribution is 0.0925. The van der Waals surface area contributed by atoms with Gasteiger partial charge in [0.25, 0.3) is 5.91 Å². The first-order chi connectivity index (χ1) is 10.7. The summed E-state index contributed by atoms with van der Waals surface area (Å²) in [5, 5.41) is 3.39. The average Bonchev–Trinajstić information content (AvgIpc) is 3.19. The molecule has 0 saturated carbocycles. The molecule has 0 radical (unpaired) electrons. The highest BCUT2D eigenvalue weighted by Gasteiger charge is 2.13. The molecular weight excluding hydrogens is 302 g/mol. The summed E-state index contributed by atoms with van der Waals surface area (Å²) in [6.45, 7) is 1.15. The minimum absolute atomic E-state index is 0.251.